The molecule has 0 saturated carbocycles. The second-order valence-electron chi connectivity index (χ2n) is 7.25. The second kappa shape index (κ2) is 6.54. The molecule has 2 aliphatic rings. The van der Waals surface area contributed by atoms with E-state index in [2.05, 4.69) is 18.0 Å². The zero-order valence-electron chi connectivity index (χ0n) is 15.3. The van der Waals surface area contributed by atoms with Crippen molar-refractivity contribution in [2.24, 2.45) is 5.10 Å². The average molecular weight is 409 g/mol. The molecule has 0 saturated heterocycles. The molecule has 28 heavy (non-hydrogen) atoms. The fraction of sp³-hybridized carbons (Fsp3) is 0.174. The van der Waals surface area contributed by atoms with Gasteiger partial charge in [0.25, 0.3) is 0 Å². The molecule has 0 spiro atoms. The SMILES string of the molecule is CC1(c2ccc(Cl)cc2)Oc2ccccc2C2CC(c3ccc(Cl)cc3)=NN21. The van der Waals surface area contributed by atoms with Gasteiger partial charge in [-0.15, -0.1) is 0 Å². The molecular weight excluding hydrogens is 391 g/mol. The molecule has 0 aromatic heterocycles. The molecule has 2 aliphatic heterocycles. The predicted octanol–water partition coefficient (Wildman–Crippen LogP) is 6.41. The Morgan fingerprint density at radius 1 is 0.929 bits per heavy atom. The minimum absolute atomic E-state index is 0.108. The van der Waals surface area contributed by atoms with Crippen LogP contribution in [0.25, 0.3) is 0 Å². The fourth-order valence-corrected chi connectivity index (χ4v) is 4.27. The summed E-state index contributed by atoms with van der Waals surface area (Å²) in [7, 11) is 0. The van der Waals surface area contributed by atoms with Gasteiger partial charge in [-0.2, -0.15) is 5.10 Å². The van der Waals surface area contributed by atoms with E-state index in [0.717, 1.165) is 39.6 Å². The molecule has 2 heterocycles. The standard InChI is InChI=1S/C23H18Cl2N2O/c1-23(16-8-12-18(25)13-9-16)27-21(19-4-2-3-5-22(19)28-23)14-20(26-27)15-6-10-17(24)11-7-15/h2-13,21H,14H2,1H3. The summed E-state index contributed by atoms with van der Waals surface area (Å²) >= 11 is 12.2. The van der Waals surface area contributed by atoms with Crippen molar-refractivity contribution < 1.29 is 4.74 Å². The summed E-state index contributed by atoms with van der Waals surface area (Å²) in [5, 5.41) is 8.52. The van der Waals surface area contributed by atoms with Gasteiger partial charge >= 0.3 is 0 Å². The Balaban J connectivity index is 1.64. The second-order valence-corrected chi connectivity index (χ2v) is 8.12. The number of hydrogen-bond acceptors (Lipinski definition) is 3. The number of hydrogen-bond donors (Lipinski definition) is 0. The highest BCUT2D eigenvalue weighted by molar-refractivity contribution is 6.30. The summed E-state index contributed by atoms with van der Waals surface area (Å²) in [6.07, 6.45) is 0.811. The molecule has 2 atom stereocenters. The quantitative estimate of drug-likeness (QED) is 0.489. The summed E-state index contributed by atoms with van der Waals surface area (Å²) in [5.74, 6) is 0.897. The van der Waals surface area contributed by atoms with Gasteiger partial charge in [0.15, 0.2) is 0 Å². The van der Waals surface area contributed by atoms with E-state index < -0.39 is 5.72 Å². The van der Waals surface area contributed by atoms with Crippen LogP contribution >= 0.6 is 23.2 Å². The fourth-order valence-electron chi connectivity index (χ4n) is 4.02. The van der Waals surface area contributed by atoms with E-state index in [9.17, 15) is 0 Å². The van der Waals surface area contributed by atoms with E-state index in [-0.39, 0.29) is 6.04 Å². The molecule has 0 N–H and O–H groups in total. The summed E-state index contributed by atoms with van der Waals surface area (Å²) < 4.78 is 6.52. The Kier molecular flexibility index (Phi) is 4.11. The molecular formula is C23H18Cl2N2O. The number of nitrogens with zero attached hydrogens (tertiary/aromatic N) is 2. The van der Waals surface area contributed by atoms with Crippen molar-refractivity contribution in [3.8, 4) is 5.75 Å². The molecule has 3 nitrogen and oxygen atoms in total. The first kappa shape index (κ1) is 17.6. The van der Waals surface area contributed by atoms with Crippen LogP contribution in [0.5, 0.6) is 5.75 Å². The van der Waals surface area contributed by atoms with Gasteiger partial charge in [0, 0.05) is 34.5 Å². The van der Waals surface area contributed by atoms with Crippen LogP contribution in [-0.2, 0) is 5.72 Å². The van der Waals surface area contributed by atoms with Crippen LogP contribution in [0.15, 0.2) is 77.9 Å². The number of halogens is 2. The first-order valence-corrected chi connectivity index (χ1v) is 9.97. The Hall–Kier alpha value is -2.49. The van der Waals surface area contributed by atoms with Gasteiger partial charge < -0.3 is 4.74 Å². The lowest BCUT2D eigenvalue weighted by molar-refractivity contribution is -0.112. The lowest BCUT2D eigenvalue weighted by Crippen LogP contribution is -2.48. The first-order valence-electron chi connectivity index (χ1n) is 9.21. The Labute approximate surface area is 174 Å². The number of benzene rings is 3. The number of rotatable bonds is 2. The van der Waals surface area contributed by atoms with Crippen LogP contribution in [0.3, 0.4) is 0 Å². The van der Waals surface area contributed by atoms with Crippen LogP contribution in [0.4, 0.5) is 0 Å². The molecule has 5 rings (SSSR count). The summed E-state index contributed by atoms with van der Waals surface area (Å²) in [5.41, 5.74) is 3.55. The van der Waals surface area contributed by atoms with E-state index in [4.69, 9.17) is 33.0 Å². The topological polar surface area (TPSA) is 24.8 Å². The first-order chi connectivity index (χ1) is 13.5. The zero-order chi connectivity index (χ0) is 19.3. The number of ether oxygens (including phenoxy) is 1. The minimum Gasteiger partial charge on any atom is -0.462 e. The maximum atomic E-state index is 6.52. The van der Waals surface area contributed by atoms with E-state index >= 15 is 0 Å². The molecule has 0 amide bonds. The van der Waals surface area contributed by atoms with Crippen LogP contribution in [-0.4, -0.2) is 10.7 Å². The van der Waals surface area contributed by atoms with Crippen LogP contribution in [0.2, 0.25) is 10.0 Å². The van der Waals surface area contributed by atoms with Crippen molar-refractivity contribution in [2.45, 2.75) is 25.1 Å². The largest absolute Gasteiger partial charge is 0.462 e. The molecule has 5 heteroatoms. The Morgan fingerprint density at radius 3 is 2.29 bits per heavy atom. The molecule has 2 unspecified atom stereocenters. The van der Waals surface area contributed by atoms with E-state index in [1.165, 1.54) is 0 Å². The average Bonchev–Trinajstić information content (AvgIpc) is 3.16. The third-order valence-electron chi connectivity index (χ3n) is 5.49. The van der Waals surface area contributed by atoms with Gasteiger partial charge in [-0.05, 0) is 35.9 Å². The number of hydrazone groups is 1. The van der Waals surface area contributed by atoms with Crippen molar-refractivity contribution in [1.82, 2.24) is 5.01 Å². The molecule has 3 aromatic rings. The van der Waals surface area contributed by atoms with E-state index in [1.54, 1.807) is 0 Å². The van der Waals surface area contributed by atoms with Crippen LogP contribution in [0.1, 0.15) is 36.1 Å². The number of fused-ring (bicyclic) bond motifs is 3. The van der Waals surface area contributed by atoms with Crippen molar-refractivity contribution in [2.75, 3.05) is 0 Å². The highest BCUT2D eigenvalue weighted by Gasteiger charge is 2.48. The summed E-state index contributed by atoms with van der Waals surface area (Å²) in [4.78, 5) is 0. The van der Waals surface area contributed by atoms with Gasteiger partial charge in [-0.25, -0.2) is 5.01 Å². The molecule has 140 valence electrons. The zero-order valence-corrected chi connectivity index (χ0v) is 16.8. The van der Waals surface area contributed by atoms with Crippen molar-refractivity contribution in [1.29, 1.82) is 0 Å². The Bertz CT molecular complexity index is 1060. The van der Waals surface area contributed by atoms with E-state index in [0.29, 0.717) is 5.02 Å². The normalized spacial score (nSPS) is 22.9. The molecule has 0 radical (unpaired) electrons. The molecule has 0 aliphatic carbocycles. The van der Waals surface area contributed by atoms with Crippen LogP contribution < -0.4 is 4.74 Å². The third kappa shape index (κ3) is 2.78. The van der Waals surface area contributed by atoms with Gasteiger partial charge in [0.2, 0.25) is 5.72 Å². The van der Waals surface area contributed by atoms with Gasteiger partial charge in [-0.1, -0.05) is 65.7 Å². The van der Waals surface area contributed by atoms with Crippen LogP contribution in [0, 0.1) is 0 Å². The van der Waals surface area contributed by atoms with Gasteiger partial charge in [-0.3, -0.25) is 0 Å². The maximum Gasteiger partial charge on any atom is 0.221 e. The van der Waals surface area contributed by atoms with Gasteiger partial charge in [0.1, 0.15) is 5.75 Å². The molecule has 0 fully saturated rings. The minimum atomic E-state index is -0.724. The third-order valence-corrected chi connectivity index (χ3v) is 6.00. The summed E-state index contributed by atoms with van der Waals surface area (Å²) in [6, 6.07) is 23.9. The highest BCUT2D eigenvalue weighted by Crippen LogP contribution is 2.50. The smallest absolute Gasteiger partial charge is 0.221 e. The predicted molar refractivity (Wildman–Crippen MR) is 113 cm³/mol. The monoisotopic (exact) mass is 408 g/mol. The van der Waals surface area contributed by atoms with Gasteiger partial charge in [0.05, 0.1) is 11.8 Å². The lowest BCUT2D eigenvalue weighted by atomic mass is 9.92. The molecule has 3 aromatic carbocycles. The van der Waals surface area contributed by atoms with Crippen molar-refractivity contribution >= 4 is 28.9 Å². The number of para-hydroxylation sites is 1. The van der Waals surface area contributed by atoms with Crippen molar-refractivity contribution in [3.63, 3.8) is 0 Å². The maximum absolute atomic E-state index is 6.52. The highest BCUT2D eigenvalue weighted by atomic mass is 35.5. The molecule has 0 bridgehead atoms. The summed E-state index contributed by atoms with van der Waals surface area (Å²) in [6.45, 7) is 2.06. The van der Waals surface area contributed by atoms with E-state index in [1.807, 2.05) is 66.7 Å². The Morgan fingerprint density at radius 2 is 1.57 bits per heavy atom. The lowest BCUT2D eigenvalue weighted by Gasteiger charge is -2.46. The van der Waals surface area contributed by atoms with Crippen molar-refractivity contribution in [3.05, 3.63) is 99.5 Å².